The molecule has 1 amide bonds. The summed E-state index contributed by atoms with van der Waals surface area (Å²) in [6.07, 6.45) is 1.45. The first-order valence-corrected chi connectivity index (χ1v) is 6.33. The van der Waals surface area contributed by atoms with Crippen LogP contribution in [0.15, 0.2) is 0 Å². The average molecular weight is 257 g/mol. The van der Waals surface area contributed by atoms with Crippen LogP contribution in [0.2, 0.25) is 0 Å². The maximum atomic E-state index is 11.9. The van der Waals surface area contributed by atoms with Crippen LogP contribution in [0, 0.1) is 5.92 Å². The van der Waals surface area contributed by atoms with Crippen molar-refractivity contribution < 1.29 is 19.1 Å². The second-order valence-electron chi connectivity index (χ2n) is 5.64. The summed E-state index contributed by atoms with van der Waals surface area (Å²) in [6, 6.07) is 0. The van der Waals surface area contributed by atoms with E-state index >= 15 is 0 Å². The maximum Gasteiger partial charge on any atom is 0.410 e. The number of Topliss-reactive ketones (excluding diaryl/α,β-unsaturated/α-hetero) is 1. The van der Waals surface area contributed by atoms with Crippen molar-refractivity contribution in [2.75, 3.05) is 26.8 Å². The van der Waals surface area contributed by atoms with Crippen LogP contribution < -0.4 is 0 Å². The van der Waals surface area contributed by atoms with Crippen LogP contribution in [0.5, 0.6) is 0 Å². The monoisotopic (exact) mass is 257 g/mol. The Labute approximate surface area is 108 Å². The Bertz CT molecular complexity index is 305. The highest BCUT2D eigenvalue weighted by atomic mass is 16.6. The number of hydrogen-bond acceptors (Lipinski definition) is 4. The molecule has 18 heavy (non-hydrogen) atoms. The van der Waals surface area contributed by atoms with Crippen LogP contribution in [-0.2, 0) is 14.3 Å². The molecule has 0 aromatic carbocycles. The molecule has 0 aliphatic heterocycles. The van der Waals surface area contributed by atoms with E-state index in [-0.39, 0.29) is 18.2 Å². The van der Waals surface area contributed by atoms with E-state index in [2.05, 4.69) is 0 Å². The highest BCUT2D eigenvalue weighted by Gasteiger charge is 2.32. The van der Waals surface area contributed by atoms with Crippen molar-refractivity contribution in [3.8, 4) is 0 Å². The van der Waals surface area contributed by atoms with Gasteiger partial charge >= 0.3 is 6.09 Å². The first-order chi connectivity index (χ1) is 8.33. The number of carbonyl (C=O) groups excluding carboxylic acids is 2. The van der Waals surface area contributed by atoms with Gasteiger partial charge in [-0.25, -0.2) is 4.79 Å². The normalized spacial score (nSPS) is 15.3. The van der Waals surface area contributed by atoms with Crippen molar-refractivity contribution in [2.24, 2.45) is 5.92 Å². The Hall–Kier alpha value is -1.10. The first-order valence-electron chi connectivity index (χ1n) is 6.33. The molecule has 5 heteroatoms. The van der Waals surface area contributed by atoms with Crippen molar-refractivity contribution in [2.45, 2.75) is 39.2 Å². The molecule has 5 nitrogen and oxygen atoms in total. The Kier molecular flexibility index (Phi) is 5.14. The molecule has 0 aromatic rings. The molecule has 0 spiro atoms. The van der Waals surface area contributed by atoms with Crippen molar-refractivity contribution in [1.82, 2.24) is 4.90 Å². The summed E-state index contributed by atoms with van der Waals surface area (Å²) in [5.74, 6) is 0.273. The Morgan fingerprint density at radius 3 is 2.33 bits per heavy atom. The Morgan fingerprint density at radius 1 is 1.28 bits per heavy atom. The molecule has 1 fully saturated rings. The number of carbonyl (C=O) groups is 2. The zero-order valence-corrected chi connectivity index (χ0v) is 11.7. The molecule has 0 radical (unpaired) electrons. The molecule has 0 heterocycles. The highest BCUT2D eigenvalue weighted by Crippen LogP contribution is 2.30. The van der Waals surface area contributed by atoms with Crippen LogP contribution in [0.4, 0.5) is 4.79 Å². The fourth-order valence-corrected chi connectivity index (χ4v) is 1.49. The summed E-state index contributed by atoms with van der Waals surface area (Å²) in [5.41, 5.74) is -0.551. The van der Waals surface area contributed by atoms with Gasteiger partial charge in [0.1, 0.15) is 5.60 Å². The average Bonchev–Trinajstić information content (AvgIpc) is 3.04. The SMILES string of the molecule is COCCN(CC(=O)C1CC1)C(=O)OC(C)(C)C. The van der Waals surface area contributed by atoms with E-state index in [9.17, 15) is 9.59 Å². The fourth-order valence-electron chi connectivity index (χ4n) is 1.49. The molecule has 1 aliphatic rings. The smallest absolute Gasteiger partial charge is 0.410 e. The van der Waals surface area contributed by atoms with Crippen LogP contribution in [0.1, 0.15) is 33.6 Å². The minimum atomic E-state index is -0.551. The molecule has 0 saturated heterocycles. The van der Waals surface area contributed by atoms with Crippen molar-refractivity contribution in [3.05, 3.63) is 0 Å². The minimum absolute atomic E-state index is 0.122. The quantitative estimate of drug-likeness (QED) is 0.728. The third kappa shape index (κ3) is 5.49. The first kappa shape index (κ1) is 15.0. The molecule has 0 aromatic heterocycles. The minimum Gasteiger partial charge on any atom is -0.444 e. The van der Waals surface area contributed by atoms with Gasteiger partial charge in [-0.15, -0.1) is 0 Å². The maximum absolute atomic E-state index is 11.9. The molecular weight excluding hydrogens is 234 g/mol. The van der Waals surface area contributed by atoms with Gasteiger partial charge in [0.25, 0.3) is 0 Å². The summed E-state index contributed by atoms with van der Waals surface area (Å²) < 4.78 is 10.2. The summed E-state index contributed by atoms with van der Waals surface area (Å²) >= 11 is 0. The molecule has 0 unspecified atom stereocenters. The molecule has 1 rings (SSSR count). The predicted octanol–water partition coefficient (Wildman–Crippen LogP) is 1.85. The third-order valence-corrected chi connectivity index (χ3v) is 2.60. The number of ketones is 1. The van der Waals surface area contributed by atoms with Gasteiger partial charge in [-0.2, -0.15) is 0 Å². The zero-order chi connectivity index (χ0) is 13.8. The molecule has 0 bridgehead atoms. The number of ether oxygens (including phenoxy) is 2. The number of nitrogens with zero attached hydrogens (tertiary/aromatic N) is 1. The largest absolute Gasteiger partial charge is 0.444 e. The highest BCUT2D eigenvalue weighted by molar-refractivity contribution is 5.87. The second kappa shape index (κ2) is 6.18. The van der Waals surface area contributed by atoms with Crippen molar-refractivity contribution in [3.63, 3.8) is 0 Å². The van der Waals surface area contributed by atoms with Gasteiger partial charge in [0.2, 0.25) is 0 Å². The van der Waals surface area contributed by atoms with Gasteiger partial charge in [-0.3, -0.25) is 9.69 Å². The molecule has 0 N–H and O–H groups in total. The number of rotatable bonds is 6. The number of hydrogen-bond donors (Lipinski definition) is 0. The van der Waals surface area contributed by atoms with Gasteiger partial charge < -0.3 is 9.47 Å². The topological polar surface area (TPSA) is 55.8 Å². The van der Waals surface area contributed by atoms with E-state index in [1.807, 2.05) is 20.8 Å². The summed E-state index contributed by atoms with van der Waals surface area (Å²) in [5, 5.41) is 0. The van der Waals surface area contributed by atoms with Gasteiger partial charge in [-0.05, 0) is 33.6 Å². The van der Waals surface area contributed by atoms with Crippen LogP contribution in [0.25, 0.3) is 0 Å². The lowest BCUT2D eigenvalue weighted by molar-refractivity contribution is -0.121. The van der Waals surface area contributed by atoms with Crippen molar-refractivity contribution >= 4 is 11.9 Å². The zero-order valence-electron chi connectivity index (χ0n) is 11.7. The second-order valence-corrected chi connectivity index (χ2v) is 5.64. The van der Waals surface area contributed by atoms with Gasteiger partial charge in [0, 0.05) is 19.6 Å². The molecule has 1 saturated carbocycles. The molecule has 0 atom stereocenters. The summed E-state index contributed by atoms with van der Waals surface area (Å²) in [7, 11) is 1.57. The van der Waals surface area contributed by atoms with E-state index in [4.69, 9.17) is 9.47 Å². The fraction of sp³-hybridized carbons (Fsp3) is 0.846. The van der Waals surface area contributed by atoms with Gasteiger partial charge in [-0.1, -0.05) is 0 Å². The van der Waals surface area contributed by atoms with Crippen LogP contribution >= 0.6 is 0 Å². The lowest BCUT2D eigenvalue weighted by atomic mass is 10.2. The van der Waals surface area contributed by atoms with Crippen LogP contribution in [0.3, 0.4) is 0 Å². The Morgan fingerprint density at radius 2 is 1.89 bits per heavy atom. The third-order valence-electron chi connectivity index (χ3n) is 2.60. The number of methoxy groups -OCH3 is 1. The standard InChI is InChI=1S/C13H23NO4/c1-13(2,3)18-12(16)14(7-8-17-4)9-11(15)10-5-6-10/h10H,5-9H2,1-4H3. The van der Waals surface area contributed by atoms with E-state index in [0.717, 1.165) is 12.8 Å². The van der Waals surface area contributed by atoms with E-state index < -0.39 is 11.7 Å². The van der Waals surface area contributed by atoms with Crippen LogP contribution in [-0.4, -0.2) is 49.2 Å². The summed E-state index contributed by atoms with van der Waals surface area (Å²) in [6.45, 7) is 6.33. The van der Waals surface area contributed by atoms with Crippen molar-refractivity contribution in [1.29, 1.82) is 0 Å². The van der Waals surface area contributed by atoms with E-state index in [1.54, 1.807) is 7.11 Å². The van der Waals surface area contributed by atoms with Gasteiger partial charge in [0.05, 0.1) is 13.2 Å². The Balaban J connectivity index is 2.52. The molecule has 1 aliphatic carbocycles. The van der Waals surface area contributed by atoms with E-state index in [0.29, 0.717) is 13.2 Å². The van der Waals surface area contributed by atoms with E-state index in [1.165, 1.54) is 4.90 Å². The predicted molar refractivity (Wildman–Crippen MR) is 67.4 cm³/mol. The lowest BCUT2D eigenvalue weighted by Gasteiger charge is -2.26. The van der Waals surface area contributed by atoms with Gasteiger partial charge in [0.15, 0.2) is 5.78 Å². The summed E-state index contributed by atoms with van der Waals surface area (Å²) in [4.78, 5) is 25.1. The lowest BCUT2D eigenvalue weighted by Crippen LogP contribution is -2.41. The molecule has 104 valence electrons. The molecular formula is C13H23NO4. The number of amides is 1.